The lowest BCUT2D eigenvalue weighted by molar-refractivity contribution is 0.102. The van der Waals surface area contributed by atoms with Crippen LogP contribution in [0.1, 0.15) is 10.5 Å². The zero-order valence-electron chi connectivity index (χ0n) is 16.3. The number of hydrogen-bond donors (Lipinski definition) is 1. The maximum absolute atomic E-state index is 13.4. The van der Waals surface area contributed by atoms with Gasteiger partial charge < -0.3 is 14.8 Å². The number of fused-ring (bicyclic) bond motifs is 1. The lowest BCUT2D eigenvalue weighted by Gasteiger charge is -2.11. The monoisotopic (exact) mass is 391 g/mol. The molecule has 2 heterocycles. The van der Waals surface area contributed by atoms with Crippen LogP contribution >= 0.6 is 0 Å². The summed E-state index contributed by atoms with van der Waals surface area (Å²) in [7, 11) is 4.10. The normalized spacial score (nSPS) is 11.3. The van der Waals surface area contributed by atoms with E-state index >= 15 is 0 Å². The Morgan fingerprint density at radius 2 is 1.97 bits per heavy atom. The van der Waals surface area contributed by atoms with Crippen LogP contribution in [-0.4, -0.2) is 45.8 Å². The van der Waals surface area contributed by atoms with Gasteiger partial charge in [0.15, 0.2) is 5.69 Å². The molecule has 7 heteroatoms. The van der Waals surface area contributed by atoms with E-state index in [4.69, 9.17) is 0 Å². The van der Waals surface area contributed by atoms with E-state index in [1.165, 1.54) is 16.8 Å². The SMILES string of the molecule is CN(C)CCn1ccc2cc(NC(=O)c3ccn(-c4cccc(F)c4)n3)ccc21. The topological polar surface area (TPSA) is 55.1 Å². The van der Waals surface area contributed by atoms with Crippen LogP contribution in [0.2, 0.25) is 0 Å². The smallest absolute Gasteiger partial charge is 0.276 e. The maximum Gasteiger partial charge on any atom is 0.276 e. The van der Waals surface area contributed by atoms with Crippen LogP contribution in [0.15, 0.2) is 67.0 Å². The summed E-state index contributed by atoms with van der Waals surface area (Å²) in [6, 6.07) is 15.5. The molecule has 6 nitrogen and oxygen atoms in total. The molecule has 0 saturated carbocycles. The average Bonchev–Trinajstić information content (AvgIpc) is 3.33. The first-order valence-electron chi connectivity index (χ1n) is 9.36. The minimum absolute atomic E-state index is 0.262. The third kappa shape index (κ3) is 4.20. The van der Waals surface area contributed by atoms with Crippen molar-refractivity contribution in [2.45, 2.75) is 6.54 Å². The van der Waals surface area contributed by atoms with Crippen molar-refractivity contribution in [3.05, 3.63) is 78.5 Å². The molecule has 4 aromatic rings. The van der Waals surface area contributed by atoms with Gasteiger partial charge in [-0.05, 0) is 62.6 Å². The van der Waals surface area contributed by atoms with Crippen molar-refractivity contribution in [1.82, 2.24) is 19.2 Å². The Morgan fingerprint density at radius 1 is 1.10 bits per heavy atom. The number of benzene rings is 2. The zero-order chi connectivity index (χ0) is 20.4. The molecule has 0 bridgehead atoms. The molecule has 0 radical (unpaired) electrons. The quantitative estimate of drug-likeness (QED) is 0.544. The fourth-order valence-electron chi connectivity index (χ4n) is 3.18. The molecular weight excluding hydrogens is 369 g/mol. The predicted molar refractivity (Wildman–Crippen MR) is 112 cm³/mol. The first-order valence-corrected chi connectivity index (χ1v) is 9.36. The van der Waals surface area contributed by atoms with E-state index in [1.54, 1.807) is 24.4 Å². The Labute approximate surface area is 168 Å². The van der Waals surface area contributed by atoms with Crippen LogP contribution in [0.25, 0.3) is 16.6 Å². The number of carbonyl (C=O) groups is 1. The second-order valence-corrected chi connectivity index (χ2v) is 7.17. The number of likely N-dealkylation sites (N-methyl/N-ethyl adjacent to an activating group) is 1. The molecule has 0 atom stereocenters. The summed E-state index contributed by atoms with van der Waals surface area (Å²) >= 11 is 0. The van der Waals surface area contributed by atoms with Gasteiger partial charge in [-0.25, -0.2) is 9.07 Å². The number of anilines is 1. The van der Waals surface area contributed by atoms with E-state index in [1.807, 2.05) is 24.3 Å². The average molecular weight is 391 g/mol. The van der Waals surface area contributed by atoms with Gasteiger partial charge in [0.2, 0.25) is 0 Å². The van der Waals surface area contributed by atoms with Crippen molar-refractivity contribution in [1.29, 1.82) is 0 Å². The standard InChI is InChI=1S/C22H22FN5O/c1-26(2)12-13-27-10-8-16-14-18(6-7-21(16)27)24-22(29)20-9-11-28(25-20)19-5-3-4-17(23)15-19/h3-11,14-15H,12-13H2,1-2H3,(H,24,29). The van der Waals surface area contributed by atoms with Gasteiger partial charge in [0, 0.05) is 42.1 Å². The molecule has 0 aliphatic carbocycles. The minimum Gasteiger partial charge on any atom is -0.346 e. The van der Waals surface area contributed by atoms with Crippen molar-refractivity contribution in [2.24, 2.45) is 0 Å². The Hall–Kier alpha value is -3.45. The van der Waals surface area contributed by atoms with Gasteiger partial charge in [0.1, 0.15) is 5.82 Å². The highest BCUT2D eigenvalue weighted by Crippen LogP contribution is 2.21. The summed E-state index contributed by atoms with van der Waals surface area (Å²) in [4.78, 5) is 14.7. The molecule has 0 fully saturated rings. The molecule has 148 valence electrons. The van der Waals surface area contributed by atoms with Gasteiger partial charge >= 0.3 is 0 Å². The van der Waals surface area contributed by atoms with E-state index < -0.39 is 0 Å². The Morgan fingerprint density at radius 3 is 2.76 bits per heavy atom. The van der Waals surface area contributed by atoms with Crippen LogP contribution in [0.4, 0.5) is 10.1 Å². The van der Waals surface area contributed by atoms with Crippen LogP contribution < -0.4 is 5.32 Å². The van der Waals surface area contributed by atoms with Crippen molar-refractivity contribution >= 4 is 22.5 Å². The van der Waals surface area contributed by atoms with Gasteiger partial charge in [-0.1, -0.05) is 6.07 Å². The number of halogens is 1. The van der Waals surface area contributed by atoms with Gasteiger partial charge in [0.05, 0.1) is 5.69 Å². The van der Waals surface area contributed by atoms with Gasteiger partial charge in [0.25, 0.3) is 5.91 Å². The number of nitrogens with zero attached hydrogens (tertiary/aromatic N) is 4. The molecule has 1 amide bonds. The largest absolute Gasteiger partial charge is 0.346 e. The second kappa shape index (κ2) is 7.89. The number of carbonyl (C=O) groups excluding carboxylic acids is 1. The summed E-state index contributed by atoms with van der Waals surface area (Å²) in [6.07, 6.45) is 3.69. The van der Waals surface area contributed by atoms with Crippen molar-refractivity contribution in [3.8, 4) is 5.69 Å². The fourth-order valence-corrected chi connectivity index (χ4v) is 3.18. The number of nitrogens with one attached hydrogen (secondary N) is 1. The highest BCUT2D eigenvalue weighted by Gasteiger charge is 2.12. The van der Waals surface area contributed by atoms with E-state index in [-0.39, 0.29) is 17.4 Å². The van der Waals surface area contributed by atoms with E-state index in [2.05, 4.69) is 40.2 Å². The van der Waals surface area contributed by atoms with E-state index in [0.717, 1.165) is 24.0 Å². The van der Waals surface area contributed by atoms with Crippen LogP contribution in [0.3, 0.4) is 0 Å². The second-order valence-electron chi connectivity index (χ2n) is 7.17. The summed E-state index contributed by atoms with van der Waals surface area (Å²) < 4.78 is 17.1. The number of rotatable bonds is 6. The maximum atomic E-state index is 13.4. The Kier molecular flexibility index (Phi) is 5.14. The fraction of sp³-hybridized carbons (Fsp3) is 0.182. The Bertz CT molecular complexity index is 1160. The van der Waals surface area contributed by atoms with Gasteiger partial charge in [-0.2, -0.15) is 5.10 Å². The highest BCUT2D eigenvalue weighted by atomic mass is 19.1. The summed E-state index contributed by atoms with van der Waals surface area (Å²) in [5.74, 6) is -0.665. The molecule has 0 unspecified atom stereocenters. The molecule has 0 saturated heterocycles. The number of hydrogen-bond acceptors (Lipinski definition) is 3. The third-order valence-corrected chi connectivity index (χ3v) is 4.71. The van der Waals surface area contributed by atoms with Crippen LogP contribution in [0, 0.1) is 5.82 Å². The molecule has 0 aliphatic heterocycles. The summed E-state index contributed by atoms with van der Waals surface area (Å²) in [5.41, 5.74) is 2.65. The van der Waals surface area contributed by atoms with Crippen molar-refractivity contribution in [3.63, 3.8) is 0 Å². The van der Waals surface area contributed by atoms with E-state index in [9.17, 15) is 9.18 Å². The van der Waals surface area contributed by atoms with Crippen molar-refractivity contribution in [2.75, 3.05) is 26.0 Å². The molecule has 4 rings (SSSR count). The zero-order valence-corrected chi connectivity index (χ0v) is 16.3. The predicted octanol–water partition coefficient (Wildman–Crippen LogP) is 3.78. The molecule has 2 aromatic carbocycles. The lowest BCUT2D eigenvalue weighted by Crippen LogP contribution is -2.17. The van der Waals surface area contributed by atoms with Crippen LogP contribution in [-0.2, 0) is 6.54 Å². The first-order chi connectivity index (χ1) is 14.0. The Balaban J connectivity index is 1.49. The summed E-state index contributed by atoms with van der Waals surface area (Å²) in [6.45, 7) is 1.86. The van der Waals surface area contributed by atoms with Crippen LogP contribution in [0.5, 0.6) is 0 Å². The van der Waals surface area contributed by atoms with Gasteiger partial charge in [-0.15, -0.1) is 0 Å². The highest BCUT2D eigenvalue weighted by molar-refractivity contribution is 6.03. The molecule has 2 aromatic heterocycles. The summed E-state index contributed by atoms with van der Waals surface area (Å²) in [5, 5.41) is 8.20. The molecular formula is C22H22FN5O. The first kappa shape index (κ1) is 18.9. The number of amides is 1. The van der Waals surface area contributed by atoms with Gasteiger partial charge in [-0.3, -0.25) is 4.79 Å². The molecule has 0 aliphatic rings. The van der Waals surface area contributed by atoms with Crippen molar-refractivity contribution < 1.29 is 9.18 Å². The minimum atomic E-state index is -0.352. The molecule has 1 N–H and O–H groups in total. The third-order valence-electron chi connectivity index (χ3n) is 4.71. The lowest BCUT2D eigenvalue weighted by atomic mass is 10.2. The number of aromatic nitrogens is 3. The van der Waals surface area contributed by atoms with E-state index in [0.29, 0.717) is 11.4 Å². The molecule has 0 spiro atoms. The molecule has 29 heavy (non-hydrogen) atoms.